The number of nitrogens with one attached hydrogen (secondary N) is 1. The lowest BCUT2D eigenvalue weighted by Gasteiger charge is -2.19. The number of pyridine rings is 1. The van der Waals surface area contributed by atoms with Crippen LogP contribution in [0.2, 0.25) is 5.02 Å². The summed E-state index contributed by atoms with van der Waals surface area (Å²) in [5, 5.41) is 8.60. The van der Waals surface area contributed by atoms with Crippen LogP contribution in [0, 0.1) is 13.8 Å². The van der Waals surface area contributed by atoms with E-state index in [1.807, 2.05) is 37.8 Å². The molecule has 0 aromatic carbocycles. The first kappa shape index (κ1) is 15.0. The van der Waals surface area contributed by atoms with Crippen LogP contribution in [-0.4, -0.2) is 21.8 Å². The lowest BCUT2D eigenvalue weighted by Crippen LogP contribution is -2.22. The lowest BCUT2D eigenvalue weighted by atomic mass is 10.0. The molecule has 0 amide bonds. The molecule has 2 heterocycles. The Hall–Kier alpha value is -1.39. The van der Waals surface area contributed by atoms with Crippen LogP contribution in [0.1, 0.15) is 35.6 Å². The normalized spacial score (nSPS) is 12.7. The third kappa shape index (κ3) is 2.86. The number of nitrogens with zero attached hydrogens (tertiary/aromatic N) is 3. The Balaban J connectivity index is 2.34. The van der Waals surface area contributed by atoms with Gasteiger partial charge in [0.25, 0.3) is 0 Å². The second-order valence-electron chi connectivity index (χ2n) is 4.89. The Morgan fingerprint density at radius 3 is 2.70 bits per heavy atom. The van der Waals surface area contributed by atoms with Gasteiger partial charge in [0.1, 0.15) is 0 Å². The SMILES string of the molecule is CCn1nc(C)c(Cl)c1CC(NC)c1cccnc1C. The molecule has 0 saturated carbocycles. The van der Waals surface area contributed by atoms with Gasteiger partial charge in [0.15, 0.2) is 0 Å². The molecule has 1 N–H and O–H groups in total. The molecule has 1 unspecified atom stereocenters. The Kier molecular flexibility index (Phi) is 4.78. The second-order valence-corrected chi connectivity index (χ2v) is 5.26. The topological polar surface area (TPSA) is 42.7 Å². The van der Waals surface area contributed by atoms with Gasteiger partial charge in [-0.25, -0.2) is 0 Å². The van der Waals surface area contributed by atoms with Crippen LogP contribution >= 0.6 is 11.6 Å². The fourth-order valence-electron chi connectivity index (χ4n) is 2.49. The molecule has 2 aromatic rings. The molecule has 0 aliphatic heterocycles. The fraction of sp³-hybridized carbons (Fsp3) is 0.467. The highest BCUT2D eigenvalue weighted by atomic mass is 35.5. The van der Waals surface area contributed by atoms with E-state index in [0.29, 0.717) is 0 Å². The van der Waals surface area contributed by atoms with Crippen molar-refractivity contribution < 1.29 is 0 Å². The molecular formula is C15H21ClN4. The molecule has 1 atom stereocenters. The average molecular weight is 293 g/mol. The summed E-state index contributed by atoms with van der Waals surface area (Å²) in [5.41, 5.74) is 4.21. The van der Waals surface area contributed by atoms with E-state index < -0.39 is 0 Å². The van der Waals surface area contributed by atoms with Gasteiger partial charge in [-0.2, -0.15) is 5.10 Å². The van der Waals surface area contributed by atoms with Gasteiger partial charge in [-0.1, -0.05) is 17.7 Å². The van der Waals surface area contributed by atoms with E-state index in [0.717, 1.165) is 35.1 Å². The third-order valence-electron chi connectivity index (χ3n) is 3.62. The molecule has 0 fully saturated rings. The van der Waals surface area contributed by atoms with Gasteiger partial charge in [-0.05, 0) is 39.4 Å². The van der Waals surface area contributed by atoms with E-state index in [1.165, 1.54) is 5.56 Å². The average Bonchev–Trinajstić information content (AvgIpc) is 2.73. The largest absolute Gasteiger partial charge is 0.313 e. The molecule has 0 spiro atoms. The van der Waals surface area contributed by atoms with Crippen LogP contribution in [0.25, 0.3) is 0 Å². The van der Waals surface area contributed by atoms with E-state index in [2.05, 4.69) is 28.4 Å². The van der Waals surface area contributed by atoms with E-state index in [-0.39, 0.29) is 6.04 Å². The number of hydrogen-bond donors (Lipinski definition) is 1. The minimum Gasteiger partial charge on any atom is -0.313 e. The van der Waals surface area contributed by atoms with Gasteiger partial charge in [0.2, 0.25) is 0 Å². The maximum absolute atomic E-state index is 6.39. The molecule has 108 valence electrons. The van der Waals surface area contributed by atoms with Crippen molar-refractivity contribution in [1.29, 1.82) is 0 Å². The van der Waals surface area contributed by atoms with Gasteiger partial charge < -0.3 is 5.32 Å². The Bertz CT molecular complexity index is 592. The predicted octanol–water partition coefficient (Wildman–Crippen LogP) is 3.07. The first-order valence-corrected chi connectivity index (χ1v) is 7.26. The van der Waals surface area contributed by atoms with Crippen molar-refractivity contribution >= 4 is 11.6 Å². The number of likely N-dealkylation sites (N-methyl/N-ethyl adjacent to an activating group) is 1. The molecule has 20 heavy (non-hydrogen) atoms. The minimum atomic E-state index is 0.183. The highest BCUT2D eigenvalue weighted by molar-refractivity contribution is 6.31. The Labute approximate surface area is 125 Å². The van der Waals surface area contributed by atoms with Crippen LogP contribution in [0.5, 0.6) is 0 Å². The van der Waals surface area contributed by atoms with Crippen molar-refractivity contribution in [3.05, 3.63) is 46.0 Å². The maximum Gasteiger partial charge on any atom is 0.0847 e. The van der Waals surface area contributed by atoms with Crippen LogP contribution in [0.3, 0.4) is 0 Å². The Morgan fingerprint density at radius 2 is 2.10 bits per heavy atom. The zero-order valence-electron chi connectivity index (χ0n) is 12.4. The first-order valence-electron chi connectivity index (χ1n) is 6.89. The minimum absolute atomic E-state index is 0.183. The van der Waals surface area contributed by atoms with Crippen molar-refractivity contribution in [2.45, 2.75) is 39.8 Å². The van der Waals surface area contributed by atoms with Crippen molar-refractivity contribution in [2.24, 2.45) is 0 Å². The molecule has 5 heteroatoms. The number of hydrogen-bond acceptors (Lipinski definition) is 3. The van der Waals surface area contributed by atoms with Crippen molar-refractivity contribution in [3.8, 4) is 0 Å². The molecule has 0 radical (unpaired) electrons. The van der Waals surface area contributed by atoms with Crippen molar-refractivity contribution in [2.75, 3.05) is 7.05 Å². The highest BCUT2D eigenvalue weighted by Gasteiger charge is 2.19. The summed E-state index contributed by atoms with van der Waals surface area (Å²) >= 11 is 6.39. The summed E-state index contributed by atoms with van der Waals surface area (Å²) in [6, 6.07) is 4.26. The molecule has 4 nitrogen and oxygen atoms in total. The first-order chi connectivity index (χ1) is 9.58. The highest BCUT2D eigenvalue weighted by Crippen LogP contribution is 2.26. The molecule has 2 aromatic heterocycles. The molecule has 2 rings (SSSR count). The summed E-state index contributed by atoms with van der Waals surface area (Å²) in [6.07, 6.45) is 2.62. The van der Waals surface area contributed by atoms with Gasteiger partial charge in [0, 0.05) is 30.9 Å². The predicted molar refractivity (Wildman–Crippen MR) is 82.1 cm³/mol. The van der Waals surface area contributed by atoms with Gasteiger partial charge in [-0.3, -0.25) is 9.67 Å². The summed E-state index contributed by atoms with van der Waals surface area (Å²) in [5.74, 6) is 0. The summed E-state index contributed by atoms with van der Waals surface area (Å²) < 4.78 is 1.98. The van der Waals surface area contributed by atoms with Crippen LogP contribution < -0.4 is 5.32 Å². The van der Waals surface area contributed by atoms with E-state index in [4.69, 9.17) is 11.6 Å². The quantitative estimate of drug-likeness (QED) is 0.921. The number of halogens is 1. The molecule has 0 aliphatic carbocycles. The summed E-state index contributed by atoms with van der Waals surface area (Å²) in [7, 11) is 1.96. The summed E-state index contributed by atoms with van der Waals surface area (Å²) in [4.78, 5) is 4.36. The number of aryl methyl sites for hydroxylation is 3. The van der Waals surface area contributed by atoms with E-state index >= 15 is 0 Å². The van der Waals surface area contributed by atoms with Gasteiger partial charge in [0.05, 0.1) is 16.4 Å². The maximum atomic E-state index is 6.39. The standard InChI is InChI=1S/C15H21ClN4/c1-5-20-14(15(16)11(3)19-20)9-13(17-4)12-7-6-8-18-10(12)2/h6-8,13,17H,5,9H2,1-4H3. The second kappa shape index (κ2) is 6.37. The third-order valence-corrected chi connectivity index (χ3v) is 4.11. The Morgan fingerprint density at radius 1 is 1.35 bits per heavy atom. The lowest BCUT2D eigenvalue weighted by molar-refractivity contribution is 0.538. The van der Waals surface area contributed by atoms with Gasteiger partial charge in [-0.15, -0.1) is 0 Å². The number of rotatable bonds is 5. The zero-order valence-corrected chi connectivity index (χ0v) is 13.2. The smallest absolute Gasteiger partial charge is 0.0847 e. The summed E-state index contributed by atoms with van der Waals surface area (Å²) in [6.45, 7) is 6.88. The zero-order chi connectivity index (χ0) is 14.7. The van der Waals surface area contributed by atoms with Crippen LogP contribution in [-0.2, 0) is 13.0 Å². The van der Waals surface area contributed by atoms with Gasteiger partial charge >= 0.3 is 0 Å². The monoisotopic (exact) mass is 292 g/mol. The molecular weight excluding hydrogens is 272 g/mol. The molecule has 0 bridgehead atoms. The van der Waals surface area contributed by atoms with E-state index in [9.17, 15) is 0 Å². The molecule has 0 saturated heterocycles. The van der Waals surface area contributed by atoms with E-state index in [1.54, 1.807) is 0 Å². The van der Waals surface area contributed by atoms with Crippen molar-refractivity contribution in [1.82, 2.24) is 20.1 Å². The molecule has 0 aliphatic rings. The number of aromatic nitrogens is 3. The van der Waals surface area contributed by atoms with Crippen LogP contribution in [0.15, 0.2) is 18.3 Å². The fourth-order valence-corrected chi connectivity index (χ4v) is 2.70. The van der Waals surface area contributed by atoms with Crippen LogP contribution in [0.4, 0.5) is 0 Å². The van der Waals surface area contributed by atoms with Crippen molar-refractivity contribution in [3.63, 3.8) is 0 Å².